The molecule has 0 spiro atoms. The van der Waals surface area contributed by atoms with Crippen LogP contribution in [0.3, 0.4) is 0 Å². The number of aliphatic hydroxyl groups is 1. The average molecular weight is 227 g/mol. The third-order valence-corrected chi connectivity index (χ3v) is 3.93. The molecule has 1 fully saturated rings. The van der Waals surface area contributed by atoms with Crippen molar-refractivity contribution in [2.45, 2.75) is 30.9 Å². The Bertz CT molecular complexity index is 545. The molecule has 1 aliphatic rings. The number of fused-ring (bicyclic) bond motifs is 1. The van der Waals surface area contributed by atoms with Crippen LogP contribution in [0.15, 0.2) is 42.5 Å². The van der Waals surface area contributed by atoms with Crippen LogP contribution in [-0.2, 0) is 0 Å². The fourth-order valence-electron chi connectivity index (χ4n) is 2.56. The molecule has 0 aliphatic heterocycles. The smallest absolute Gasteiger partial charge is 0.0839 e. The molecule has 17 heavy (non-hydrogen) atoms. The Morgan fingerprint density at radius 3 is 2.41 bits per heavy atom. The van der Waals surface area contributed by atoms with Crippen molar-refractivity contribution in [1.82, 2.24) is 0 Å². The van der Waals surface area contributed by atoms with Crippen LogP contribution in [-0.4, -0.2) is 10.7 Å². The predicted molar refractivity (Wildman–Crippen MR) is 69.7 cm³/mol. The fraction of sp³-hybridized carbons (Fsp3) is 0.333. The second kappa shape index (κ2) is 3.83. The molecule has 0 amide bonds. The van der Waals surface area contributed by atoms with Crippen LogP contribution < -0.4 is 5.73 Å². The summed E-state index contributed by atoms with van der Waals surface area (Å²) in [5, 5.41) is 12.7. The summed E-state index contributed by atoms with van der Waals surface area (Å²) in [4.78, 5) is 0. The van der Waals surface area contributed by atoms with Crippen molar-refractivity contribution < 1.29 is 5.11 Å². The van der Waals surface area contributed by atoms with E-state index in [2.05, 4.69) is 24.3 Å². The molecule has 1 saturated carbocycles. The molecule has 0 heterocycles. The van der Waals surface area contributed by atoms with E-state index in [9.17, 15) is 5.11 Å². The largest absolute Gasteiger partial charge is 0.388 e. The summed E-state index contributed by atoms with van der Waals surface area (Å²) in [5.41, 5.74) is 6.53. The van der Waals surface area contributed by atoms with Crippen LogP contribution in [0.5, 0.6) is 0 Å². The minimum Gasteiger partial charge on any atom is -0.388 e. The summed E-state index contributed by atoms with van der Waals surface area (Å²) >= 11 is 0. The molecule has 0 aromatic heterocycles. The van der Waals surface area contributed by atoms with Crippen LogP contribution in [0.25, 0.3) is 10.8 Å². The molecule has 3 N–H and O–H groups in total. The van der Waals surface area contributed by atoms with Crippen molar-refractivity contribution in [3.05, 3.63) is 48.0 Å². The molecule has 2 heteroatoms. The van der Waals surface area contributed by atoms with E-state index in [4.69, 9.17) is 5.73 Å². The van der Waals surface area contributed by atoms with Gasteiger partial charge < -0.3 is 10.8 Å². The van der Waals surface area contributed by atoms with Gasteiger partial charge in [-0.3, -0.25) is 0 Å². The van der Waals surface area contributed by atoms with E-state index < -0.39 is 5.60 Å². The maximum atomic E-state index is 10.3. The Kier molecular flexibility index (Phi) is 2.42. The fourth-order valence-corrected chi connectivity index (χ4v) is 2.56. The summed E-state index contributed by atoms with van der Waals surface area (Å²) in [6.45, 7) is 0. The molecule has 1 aliphatic carbocycles. The van der Waals surface area contributed by atoms with Crippen molar-refractivity contribution in [3.8, 4) is 0 Å². The Morgan fingerprint density at radius 1 is 1.06 bits per heavy atom. The Hall–Kier alpha value is -1.38. The number of hydrogen-bond acceptors (Lipinski definition) is 2. The molecule has 1 atom stereocenters. The number of benzene rings is 2. The first-order valence-corrected chi connectivity index (χ1v) is 6.16. The minimum absolute atomic E-state index is 0.263. The van der Waals surface area contributed by atoms with Gasteiger partial charge in [-0.1, -0.05) is 36.4 Å². The van der Waals surface area contributed by atoms with Crippen LogP contribution in [0.1, 0.15) is 30.9 Å². The van der Waals surface area contributed by atoms with Gasteiger partial charge in [-0.15, -0.1) is 0 Å². The summed E-state index contributed by atoms with van der Waals surface area (Å²) in [5.74, 6) is 0. The highest BCUT2D eigenvalue weighted by Crippen LogP contribution is 2.41. The molecule has 0 radical (unpaired) electrons. The maximum Gasteiger partial charge on any atom is 0.0839 e. The van der Waals surface area contributed by atoms with E-state index >= 15 is 0 Å². The van der Waals surface area contributed by atoms with E-state index in [1.165, 1.54) is 10.8 Å². The molecule has 2 nitrogen and oxygen atoms in total. The highest BCUT2D eigenvalue weighted by atomic mass is 16.3. The zero-order chi connectivity index (χ0) is 11.9. The van der Waals surface area contributed by atoms with E-state index in [-0.39, 0.29) is 6.04 Å². The van der Waals surface area contributed by atoms with E-state index in [0.29, 0.717) is 0 Å². The van der Waals surface area contributed by atoms with Crippen molar-refractivity contribution in [2.24, 2.45) is 5.73 Å². The molecule has 88 valence electrons. The number of nitrogens with two attached hydrogens (primary N) is 1. The Labute approximate surface area is 101 Å². The predicted octanol–water partition coefficient (Wildman–Crippen LogP) is 2.75. The summed E-state index contributed by atoms with van der Waals surface area (Å²) in [7, 11) is 0. The van der Waals surface area contributed by atoms with E-state index in [1.807, 2.05) is 18.2 Å². The molecule has 0 bridgehead atoms. The third-order valence-electron chi connectivity index (χ3n) is 3.93. The second-order valence-corrected chi connectivity index (χ2v) is 5.04. The van der Waals surface area contributed by atoms with Gasteiger partial charge in [-0.05, 0) is 41.7 Å². The second-order valence-electron chi connectivity index (χ2n) is 5.04. The van der Waals surface area contributed by atoms with Crippen molar-refractivity contribution in [2.75, 3.05) is 0 Å². The van der Waals surface area contributed by atoms with Gasteiger partial charge in [0.25, 0.3) is 0 Å². The highest BCUT2D eigenvalue weighted by molar-refractivity contribution is 5.83. The lowest BCUT2D eigenvalue weighted by Crippen LogP contribution is -2.46. The van der Waals surface area contributed by atoms with Gasteiger partial charge in [-0.2, -0.15) is 0 Å². The molecule has 3 rings (SSSR count). The Morgan fingerprint density at radius 2 is 1.76 bits per heavy atom. The van der Waals surface area contributed by atoms with E-state index in [0.717, 1.165) is 24.8 Å². The average Bonchev–Trinajstić information content (AvgIpc) is 2.34. The molecule has 2 aromatic rings. The van der Waals surface area contributed by atoms with Gasteiger partial charge >= 0.3 is 0 Å². The summed E-state index contributed by atoms with van der Waals surface area (Å²) in [6, 6.07) is 14.2. The summed E-state index contributed by atoms with van der Waals surface area (Å²) in [6.07, 6.45) is 2.72. The molecule has 2 aromatic carbocycles. The normalized spacial score (nSPS) is 19.9. The monoisotopic (exact) mass is 227 g/mol. The van der Waals surface area contributed by atoms with E-state index in [1.54, 1.807) is 0 Å². The van der Waals surface area contributed by atoms with Crippen molar-refractivity contribution in [3.63, 3.8) is 0 Å². The van der Waals surface area contributed by atoms with Gasteiger partial charge in [0.15, 0.2) is 0 Å². The van der Waals surface area contributed by atoms with Gasteiger partial charge in [-0.25, -0.2) is 0 Å². The zero-order valence-electron chi connectivity index (χ0n) is 9.76. The first kappa shape index (κ1) is 10.8. The molecule has 0 unspecified atom stereocenters. The molecular formula is C15H17NO. The first-order valence-electron chi connectivity index (χ1n) is 6.16. The standard InChI is InChI=1S/C15H17NO/c16-14(15(17)8-3-9-15)13-7-6-11-4-1-2-5-12(11)10-13/h1-2,4-7,10,14,17H,3,8-9,16H2/t14-/m1/s1. The lowest BCUT2D eigenvalue weighted by molar-refractivity contribution is -0.0559. The number of hydrogen-bond donors (Lipinski definition) is 2. The van der Waals surface area contributed by atoms with Gasteiger partial charge in [0.05, 0.1) is 11.6 Å². The zero-order valence-corrected chi connectivity index (χ0v) is 9.76. The first-order chi connectivity index (χ1) is 8.19. The minimum atomic E-state index is -0.678. The van der Waals surface area contributed by atoms with Crippen LogP contribution >= 0.6 is 0 Å². The number of rotatable bonds is 2. The third kappa shape index (κ3) is 1.74. The maximum absolute atomic E-state index is 10.3. The highest BCUT2D eigenvalue weighted by Gasteiger charge is 2.40. The quantitative estimate of drug-likeness (QED) is 0.828. The SMILES string of the molecule is N[C@H](c1ccc2ccccc2c1)C1(O)CCC1. The van der Waals surface area contributed by atoms with Crippen molar-refractivity contribution >= 4 is 10.8 Å². The molecule has 0 saturated heterocycles. The van der Waals surface area contributed by atoms with Gasteiger partial charge in [0.1, 0.15) is 0 Å². The lowest BCUT2D eigenvalue weighted by Gasteiger charge is -2.41. The van der Waals surface area contributed by atoms with Gasteiger partial charge in [0.2, 0.25) is 0 Å². The van der Waals surface area contributed by atoms with Crippen molar-refractivity contribution in [1.29, 1.82) is 0 Å². The molecular weight excluding hydrogens is 210 g/mol. The summed E-state index contributed by atoms with van der Waals surface area (Å²) < 4.78 is 0. The van der Waals surface area contributed by atoms with Crippen LogP contribution in [0.2, 0.25) is 0 Å². The lowest BCUT2D eigenvalue weighted by atomic mass is 9.73. The topological polar surface area (TPSA) is 46.2 Å². The van der Waals surface area contributed by atoms with Crippen LogP contribution in [0.4, 0.5) is 0 Å². The van der Waals surface area contributed by atoms with Crippen LogP contribution in [0, 0.1) is 0 Å². The Balaban J connectivity index is 2.00. The van der Waals surface area contributed by atoms with Gasteiger partial charge in [0, 0.05) is 0 Å².